The standard InChI is InChI=1S/C28H28FN3O4S/c1-18(19-5-11-24(29)12-6-19)30-27(33)21-7-13-25(14-8-21)32-37(36)26-15-9-20(10-16-26)22-3-2-4-23(17-22)28(34)31-35/h2-6,9-12,15-18,21,25,32H,7-8,13-14H2,1H3,(H,30,33)/t18-,21?,25?,37?/m1/s1. The number of nitrogens with one attached hydrogen (secondary N) is 2. The van der Waals surface area contributed by atoms with Crippen LogP contribution in [0.25, 0.3) is 11.1 Å². The van der Waals surface area contributed by atoms with Gasteiger partial charge in [0, 0.05) is 22.7 Å². The van der Waals surface area contributed by atoms with Crippen LogP contribution in [0.4, 0.5) is 4.39 Å². The fourth-order valence-electron chi connectivity index (χ4n) is 4.51. The molecule has 192 valence electrons. The fraction of sp³-hybridized carbons (Fsp3) is 0.286. The van der Waals surface area contributed by atoms with E-state index in [0.717, 1.165) is 29.5 Å². The molecule has 2 N–H and O–H groups in total. The van der Waals surface area contributed by atoms with Gasteiger partial charge in [-0.05, 0) is 85.7 Å². The number of nitrogens with zero attached hydrogens (tertiary/aromatic N) is 1. The van der Waals surface area contributed by atoms with E-state index < -0.39 is 16.9 Å². The van der Waals surface area contributed by atoms with E-state index in [0.29, 0.717) is 17.7 Å². The van der Waals surface area contributed by atoms with E-state index in [1.807, 2.05) is 25.1 Å². The third-order valence-electron chi connectivity index (χ3n) is 6.69. The van der Waals surface area contributed by atoms with Crippen molar-refractivity contribution >= 4 is 22.8 Å². The maximum atomic E-state index is 13.1. The lowest BCUT2D eigenvalue weighted by atomic mass is 9.85. The summed E-state index contributed by atoms with van der Waals surface area (Å²) in [5.74, 6) is -1.25. The summed E-state index contributed by atoms with van der Waals surface area (Å²) in [5.41, 5.74) is 2.65. The largest absolute Gasteiger partial charge is 0.349 e. The monoisotopic (exact) mass is 521 g/mol. The van der Waals surface area contributed by atoms with Gasteiger partial charge in [0.1, 0.15) is 16.8 Å². The van der Waals surface area contributed by atoms with Crippen molar-refractivity contribution in [1.82, 2.24) is 10.0 Å². The molecule has 1 saturated carbocycles. The topological polar surface area (TPSA) is 105 Å². The van der Waals surface area contributed by atoms with Crippen LogP contribution in [0.3, 0.4) is 0 Å². The van der Waals surface area contributed by atoms with Crippen molar-refractivity contribution in [3.05, 3.63) is 94.6 Å². The summed E-state index contributed by atoms with van der Waals surface area (Å²) in [7, 11) is -1.41. The fourth-order valence-corrected chi connectivity index (χ4v) is 5.57. The van der Waals surface area contributed by atoms with Gasteiger partial charge in [0.15, 0.2) is 0 Å². The van der Waals surface area contributed by atoms with Crippen LogP contribution < -0.4 is 10.0 Å². The number of hydrogen-bond acceptors (Lipinski definition) is 4. The van der Waals surface area contributed by atoms with E-state index in [9.17, 15) is 23.1 Å². The van der Waals surface area contributed by atoms with Crippen molar-refractivity contribution in [2.75, 3.05) is 0 Å². The Morgan fingerprint density at radius 3 is 2.27 bits per heavy atom. The van der Waals surface area contributed by atoms with Crippen LogP contribution in [-0.4, -0.2) is 22.1 Å². The van der Waals surface area contributed by atoms with Crippen LogP contribution in [0.1, 0.15) is 54.6 Å². The van der Waals surface area contributed by atoms with Crippen LogP contribution in [0, 0.1) is 16.6 Å². The average molecular weight is 522 g/mol. The number of carbonyl (C=O) groups excluding carboxylic acids is 2. The molecule has 0 saturated heterocycles. The average Bonchev–Trinajstić information content (AvgIpc) is 2.93. The Hall–Kier alpha value is -3.56. The molecule has 1 fully saturated rings. The van der Waals surface area contributed by atoms with E-state index in [2.05, 4.69) is 15.2 Å². The molecule has 0 radical (unpaired) electrons. The summed E-state index contributed by atoms with van der Waals surface area (Å²) in [6.07, 6.45) is 2.86. The number of carbonyl (C=O) groups is 2. The van der Waals surface area contributed by atoms with E-state index in [4.69, 9.17) is 0 Å². The molecule has 9 heteroatoms. The van der Waals surface area contributed by atoms with Crippen LogP contribution >= 0.6 is 0 Å². The smallest absolute Gasteiger partial charge is 0.316 e. The van der Waals surface area contributed by atoms with Gasteiger partial charge in [-0.1, -0.05) is 36.4 Å². The second-order valence-electron chi connectivity index (χ2n) is 9.22. The first-order valence-corrected chi connectivity index (χ1v) is 13.3. The van der Waals surface area contributed by atoms with Gasteiger partial charge in [0.25, 0.3) is 0 Å². The summed E-state index contributed by atoms with van der Waals surface area (Å²) in [6.45, 7) is 1.88. The van der Waals surface area contributed by atoms with Crippen molar-refractivity contribution in [3.63, 3.8) is 0 Å². The van der Waals surface area contributed by atoms with Gasteiger partial charge in [-0.25, -0.2) is 13.3 Å². The molecule has 0 bridgehead atoms. The summed E-state index contributed by atoms with van der Waals surface area (Å²) in [5, 5.41) is 5.47. The first kappa shape index (κ1) is 26.5. The number of amides is 2. The molecule has 3 aromatic carbocycles. The highest BCUT2D eigenvalue weighted by Gasteiger charge is 2.28. The Kier molecular flexibility index (Phi) is 8.68. The normalized spacial score (nSPS) is 19.0. The maximum absolute atomic E-state index is 13.1. The lowest BCUT2D eigenvalue weighted by molar-refractivity contribution is -0.126. The predicted octanol–water partition coefficient (Wildman–Crippen LogP) is 5.45. The molecule has 0 aliphatic heterocycles. The SMILES string of the molecule is C[C@@H](NC(=O)C1CCC(NS(=O)c2ccc(-c3cccc(C(=O)N=O)c3)cc2)CC1)c1ccc(F)cc1. The minimum absolute atomic E-state index is 0.0123. The Bertz CT molecular complexity index is 1290. The zero-order valence-electron chi connectivity index (χ0n) is 20.4. The summed E-state index contributed by atoms with van der Waals surface area (Å²) >= 11 is 0. The molecule has 0 spiro atoms. The highest BCUT2D eigenvalue weighted by Crippen LogP contribution is 2.27. The van der Waals surface area contributed by atoms with Gasteiger partial charge in [-0.2, -0.15) is 0 Å². The molecular weight excluding hydrogens is 493 g/mol. The highest BCUT2D eigenvalue weighted by atomic mass is 32.2. The van der Waals surface area contributed by atoms with E-state index >= 15 is 0 Å². The number of nitroso groups, excluding NO2 is 1. The molecule has 1 aliphatic carbocycles. The van der Waals surface area contributed by atoms with Gasteiger partial charge >= 0.3 is 5.91 Å². The Morgan fingerprint density at radius 1 is 0.946 bits per heavy atom. The Morgan fingerprint density at radius 2 is 1.62 bits per heavy atom. The Labute approximate surface area is 217 Å². The van der Waals surface area contributed by atoms with E-state index in [-0.39, 0.29) is 35.3 Å². The molecule has 1 unspecified atom stereocenters. The number of halogens is 1. The van der Waals surface area contributed by atoms with Gasteiger partial charge in [0.2, 0.25) is 5.91 Å². The summed E-state index contributed by atoms with van der Waals surface area (Å²) in [6, 6.07) is 19.7. The zero-order chi connectivity index (χ0) is 26.4. The lowest BCUT2D eigenvalue weighted by Gasteiger charge is -2.29. The van der Waals surface area contributed by atoms with Crippen molar-refractivity contribution < 1.29 is 18.2 Å². The Balaban J connectivity index is 1.28. The van der Waals surface area contributed by atoms with Gasteiger partial charge in [-0.15, -0.1) is 4.91 Å². The van der Waals surface area contributed by atoms with Crippen LogP contribution in [0.2, 0.25) is 0 Å². The van der Waals surface area contributed by atoms with Gasteiger partial charge in [-0.3, -0.25) is 9.59 Å². The highest BCUT2D eigenvalue weighted by molar-refractivity contribution is 7.83. The van der Waals surface area contributed by atoms with Gasteiger partial charge < -0.3 is 5.32 Å². The maximum Gasteiger partial charge on any atom is 0.316 e. The van der Waals surface area contributed by atoms with E-state index in [1.165, 1.54) is 18.2 Å². The van der Waals surface area contributed by atoms with Crippen molar-refractivity contribution in [1.29, 1.82) is 0 Å². The number of benzene rings is 3. The second-order valence-corrected chi connectivity index (χ2v) is 10.5. The molecule has 2 atom stereocenters. The van der Waals surface area contributed by atoms with Crippen LogP contribution in [0.15, 0.2) is 82.9 Å². The summed E-state index contributed by atoms with van der Waals surface area (Å²) in [4.78, 5) is 35.4. The first-order chi connectivity index (χ1) is 17.8. The molecule has 37 heavy (non-hydrogen) atoms. The number of rotatable bonds is 8. The zero-order valence-corrected chi connectivity index (χ0v) is 21.2. The van der Waals surface area contributed by atoms with Crippen LogP contribution in [-0.2, 0) is 15.8 Å². The molecule has 0 heterocycles. The molecule has 1 aliphatic rings. The molecule has 0 aromatic heterocycles. The van der Waals surface area contributed by atoms with Gasteiger partial charge in [0.05, 0.1) is 10.9 Å². The minimum Gasteiger partial charge on any atom is -0.349 e. The first-order valence-electron chi connectivity index (χ1n) is 12.2. The van der Waals surface area contributed by atoms with Crippen molar-refractivity contribution in [3.8, 4) is 11.1 Å². The van der Waals surface area contributed by atoms with Crippen molar-refractivity contribution in [2.45, 2.75) is 49.6 Å². The number of hydrogen-bond donors (Lipinski definition) is 2. The molecule has 3 aromatic rings. The molecular formula is C28H28FN3O4S. The van der Waals surface area contributed by atoms with Crippen LogP contribution in [0.5, 0.6) is 0 Å². The summed E-state index contributed by atoms with van der Waals surface area (Å²) < 4.78 is 29.2. The van der Waals surface area contributed by atoms with E-state index in [1.54, 1.807) is 36.4 Å². The molecule has 4 rings (SSSR count). The quantitative estimate of drug-likeness (QED) is 0.385. The molecule has 7 nitrogen and oxygen atoms in total. The third-order valence-corrected chi connectivity index (χ3v) is 7.94. The third kappa shape index (κ3) is 6.81. The predicted molar refractivity (Wildman–Crippen MR) is 140 cm³/mol. The second kappa shape index (κ2) is 12.1. The lowest BCUT2D eigenvalue weighted by Crippen LogP contribution is -2.39. The van der Waals surface area contributed by atoms with Crippen molar-refractivity contribution in [2.24, 2.45) is 11.1 Å². The minimum atomic E-state index is -1.41. The molecule has 2 amide bonds.